The fraction of sp³-hybridized carbons (Fsp3) is 0.182. The van der Waals surface area contributed by atoms with Crippen molar-refractivity contribution in [3.05, 3.63) is 35.9 Å². The molecule has 15 heavy (non-hydrogen) atoms. The van der Waals surface area contributed by atoms with E-state index in [1.807, 2.05) is 6.07 Å². The van der Waals surface area contributed by atoms with E-state index in [1.54, 1.807) is 30.4 Å². The second kappa shape index (κ2) is 5.82. The summed E-state index contributed by atoms with van der Waals surface area (Å²) in [4.78, 5) is 10.3. The zero-order valence-corrected chi connectivity index (χ0v) is 8.09. The second-order valence-corrected chi connectivity index (χ2v) is 2.84. The summed E-state index contributed by atoms with van der Waals surface area (Å²) >= 11 is 0. The monoisotopic (exact) mass is 208 g/mol. The molecule has 0 atom stereocenters. The van der Waals surface area contributed by atoms with Crippen molar-refractivity contribution in [2.24, 2.45) is 0 Å². The third kappa shape index (κ3) is 4.28. The molecule has 1 rings (SSSR count). The van der Waals surface area contributed by atoms with Crippen molar-refractivity contribution in [1.29, 1.82) is 0 Å². The molecular formula is C11H12O4. The number of aliphatic hydroxyl groups is 1. The van der Waals surface area contributed by atoms with Gasteiger partial charge >= 0.3 is 5.97 Å². The summed E-state index contributed by atoms with van der Waals surface area (Å²) in [6, 6.07) is 6.97. The number of aliphatic carboxylic acids is 1. The number of benzene rings is 1. The lowest BCUT2D eigenvalue weighted by atomic mass is 10.2. The maximum absolute atomic E-state index is 10.3. The smallest absolute Gasteiger partial charge is 0.341 e. The minimum Gasteiger partial charge on any atom is -0.482 e. The number of carboxylic acids is 1. The van der Waals surface area contributed by atoms with Crippen LogP contribution in [0.5, 0.6) is 5.75 Å². The Bertz CT molecular complexity index is 357. The fourth-order valence-corrected chi connectivity index (χ4v) is 1.04. The van der Waals surface area contributed by atoms with Crippen LogP contribution in [0.3, 0.4) is 0 Å². The largest absolute Gasteiger partial charge is 0.482 e. The van der Waals surface area contributed by atoms with Crippen LogP contribution in [0.4, 0.5) is 0 Å². The molecular weight excluding hydrogens is 196 g/mol. The molecule has 0 saturated carbocycles. The molecule has 80 valence electrons. The van der Waals surface area contributed by atoms with Crippen molar-refractivity contribution in [2.45, 2.75) is 0 Å². The zero-order valence-electron chi connectivity index (χ0n) is 8.09. The Morgan fingerprint density at radius 2 is 2.27 bits per heavy atom. The molecule has 0 heterocycles. The van der Waals surface area contributed by atoms with Crippen LogP contribution in [0.15, 0.2) is 30.3 Å². The topological polar surface area (TPSA) is 66.8 Å². The van der Waals surface area contributed by atoms with E-state index < -0.39 is 5.97 Å². The summed E-state index contributed by atoms with van der Waals surface area (Å²) < 4.78 is 4.99. The number of hydrogen-bond acceptors (Lipinski definition) is 3. The van der Waals surface area contributed by atoms with Gasteiger partial charge in [-0.2, -0.15) is 0 Å². The first-order valence-corrected chi connectivity index (χ1v) is 4.44. The number of rotatable bonds is 5. The summed E-state index contributed by atoms with van der Waals surface area (Å²) in [6.45, 7) is -0.382. The average molecular weight is 208 g/mol. The number of aliphatic hydroxyl groups excluding tert-OH is 1. The van der Waals surface area contributed by atoms with Crippen molar-refractivity contribution in [3.63, 3.8) is 0 Å². The highest BCUT2D eigenvalue weighted by Gasteiger charge is 1.98. The van der Waals surface area contributed by atoms with E-state index in [2.05, 4.69) is 0 Å². The molecule has 0 radical (unpaired) electrons. The van der Waals surface area contributed by atoms with Gasteiger partial charge in [0, 0.05) is 0 Å². The maximum atomic E-state index is 10.3. The van der Waals surface area contributed by atoms with Crippen LogP contribution in [-0.2, 0) is 4.79 Å². The molecule has 0 spiro atoms. The fourth-order valence-electron chi connectivity index (χ4n) is 1.04. The molecule has 4 nitrogen and oxygen atoms in total. The van der Waals surface area contributed by atoms with Gasteiger partial charge in [0.25, 0.3) is 0 Å². The van der Waals surface area contributed by atoms with Crippen molar-refractivity contribution < 1.29 is 19.7 Å². The van der Waals surface area contributed by atoms with Crippen LogP contribution in [0.1, 0.15) is 5.56 Å². The molecule has 0 aliphatic rings. The number of hydrogen-bond donors (Lipinski definition) is 2. The molecule has 0 amide bonds. The molecule has 2 N–H and O–H groups in total. The van der Waals surface area contributed by atoms with Gasteiger partial charge in [0.05, 0.1) is 6.61 Å². The number of carbonyl (C=O) groups is 1. The zero-order chi connectivity index (χ0) is 11.1. The van der Waals surface area contributed by atoms with E-state index >= 15 is 0 Å². The normalized spacial score (nSPS) is 10.5. The third-order valence-corrected chi connectivity index (χ3v) is 1.64. The lowest BCUT2D eigenvalue weighted by molar-refractivity contribution is -0.139. The van der Waals surface area contributed by atoms with Crippen molar-refractivity contribution in [3.8, 4) is 5.75 Å². The summed E-state index contributed by atoms with van der Waals surface area (Å²) in [5.41, 5.74) is 0.854. The second-order valence-electron chi connectivity index (χ2n) is 2.84. The van der Waals surface area contributed by atoms with Crippen LogP contribution >= 0.6 is 0 Å². The summed E-state index contributed by atoms with van der Waals surface area (Å²) in [7, 11) is 0. The Morgan fingerprint density at radius 1 is 1.47 bits per heavy atom. The van der Waals surface area contributed by atoms with E-state index in [-0.39, 0.29) is 13.2 Å². The predicted octanol–water partition coefficient (Wildman–Crippen LogP) is 1.16. The first kappa shape index (κ1) is 11.3. The molecule has 0 aliphatic carbocycles. The first-order valence-electron chi connectivity index (χ1n) is 4.44. The molecule has 1 aromatic carbocycles. The molecule has 0 saturated heterocycles. The highest BCUT2D eigenvalue weighted by molar-refractivity contribution is 5.68. The summed E-state index contributed by atoms with van der Waals surface area (Å²) in [5.74, 6) is -0.510. The highest BCUT2D eigenvalue weighted by atomic mass is 16.5. The molecule has 1 aromatic rings. The van der Waals surface area contributed by atoms with Gasteiger partial charge in [-0.3, -0.25) is 0 Å². The van der Waals surface area contributed by atoms with Crippen molar-refractivity contribution in [2.75, 3.05) is 13.2 Å². The Labute approximate surface area is 87.4 Å². The van der Waals surface area contributed by atoms with Gasteiger partial charge in [-0.25, -0.2) is 4.79 Å². The van der Waals surface area contributed by atoms with Crippen LogP contribution < -0.4 is 4.74 Å². The Kier molecular flexibility index (Phi) is 4.37. The van der Waals surface area contributed by atoms with Crippen LogP contribution in [-0.4, -0.2) is 29.4 Å². The number of ether oxygens (including phenoxy) is 1. The maximum Gasteiger partial charge on any atom is 0.341 e. The minimum atomic E-state index is -1.01. The highest BCUT2D eigenvalue weighted by Crippen LogP contribution is 2.14. The Hall–Kier alpha value is -1.81. The SMILES string of the molecule is O=C(O)COc1cccc(/C=C\CO)c1. The van der Waals surface area contributed by atoms with Gasteiger partial charge in [0.1, 0.15) is 5.75 Å². The van der Waals surface area contributed by atoms with Crippen LogP contribution in [0.25, 0.3) is 6.08 Å². The van der Waals surface area contributed by atoms with Crippen molar-refractivity contribution in [1.82, 2.24) is 0 Å². The van der Waals surface area contributed by atoms with E-state index in [4.69, 9.17) is 14.9 Å². The molecule has 0 aliphatic heterocycles. The predicted molar refractivity (Wildman–Crippen MR) is 55.7 cm³/mol. The molecule has 0 bridgehead atoms. The molecule has 4 heteroatoms. The molecule has 0 fully saturated rings. The standard InChI is InChI=1S/C11H12O4/c12-6-2-4-9-3-1-5-10(7-9)15-8-11(13)14/h1-5,7,12H,6,8H2,(H,13,14)/b4-2-. The van der Waals surface area contributed by atoms with Gasteiger partial charge in [-0.15, -0.1) is 0 Å². The van der Waals surface area contributed by atoms with E-state index in [0.717, 1.165) is 5.56 Å². The molecule has 0 aromatic heterocycles. The summed E-state index contributed by atoms with van der Waals surface area (Å²) in [5, 5.41) is 17.0. The number of carboxylic acid groups (broad SMARTS) is 1. The van der Waals surface area contributed by atoms with Gasteiger partial charge in [0.2, 0.25) is 0 Å². The lowest BCUT2D eigenvalue weighted by Gasteiger charge is -2.03. The van der Waals surface area contributed by atoms with E-state index in [1.165, 1.54) is 0 Å². The van der Waals surface area contributed by atoms with Gasteiger partial charge in [0.15, 0.2) is 6.61 Å². The summed E-state index contributed by atoms with van der Waals surface area (Å²) in [6.07, 6.45) is 3.32. The minimum absolute atomic E-state index is 0.0276. The van der Waals surface area contributed by atoms with Crippen molar-refractivity contribution >= 4 is 12.0 Å². The third-order valence-electron chi connectivity index (χ3n) is 1.64. The lowest BCUT2D eigenvalue weighted by Crippen LogP contribution is -2.09. The van der Waals surface area contributed by atoms with E-state index in [0.29, 0.717) is 5.75 Å². The van der Waals surface area contributed by atoms with Gasteiger partial charge in [-0.1, -0.05) is 24.3 Å². The van der Waals surface area contributed by atoms with Gasteiger partial charge < -0.3 is 14.9 Å². The Morgan fingerprint density at radius 3 is 2.93 bits per heavy atom. The molecule has 0 unspecified atom stereocenters. The first-order chi connectivity index (χ1) is 7.22. The van der Waals surface area contributed by atoms with Gasteiger partial charge in [-0.05, 0) is 17.7 Å². The van der Waals surface area contributed by atoms with E-state index in [9.17, 15) is 4.79 Å². The Balaban J connectivity index is 2.65. The van der Waals surface area contributed by atoms with Crippen LogP contribution in [0.2, 0.25) is 0 Å². The quantitative estimate of drug-likeness (QED) is 0.761. The van der Waals surface area contributed by atoms with Crippen LogP contribution in [0, 0.1) is 0 Å². The average Bonchev–Trinajstić information content (AvgIpc) is 2.24.